The molecule has 3 heterocycles. The molecule has 1 aliphatic rings. The molecule has 0 spiro atoms. The molecule has 2 aromatic heterocycles. The molecule has 0 unspecified atom stereocenters. The van der Waals surface area contributed by atoms with Gasteiger partial charge in [0.05, 0.1) is 11.6 Å². The fraction of sp³-hybridized carbons (Fsp3) is 0.364. The average Bonchev–Trinajstić information content (AvgIpc) is 3.01. The summed E-state index contributed by atoms with van der Waals surface area (Å²) in [5.41, 5.74) is 0.868. The molecule has 8 heteroatoms. The van der Waals surface area contributed by atoms with Crippen LogP contribution in [0.15, 0.2) is 48.8 Å². The molecule has 0 radical (unpaired) electrons. The van der Waals surface area contributed by atoms with E-state index in [1.807, 2.05) is 36.1 Å². The van der Waals surface area contributed by atoms with Gasteiger partial charge in [-0.25, -0.2) is 4.98 Å². The van der Waals surface area contributed by atoms with Crippen LogP contribution in [-0.2, 0) is 6.18 Å². The summed E-state index contributed by atoms with van der Waals surface area (Å²) in [6, 6.07) is 9.91. The van der Waals surface area contributed by atoms with Gasteiger partial charge < -0.3 is 9.88 Å². The summed E-state index contributed by atoms with van der Waals surface area (Å²) in [7, 11) is 0. The van der Waals surface area contributed by atoms with Crippen LogP contribution < -0.4 is 4.90 Å². The minimum atomic E-state index is -4.39. The Kier molecular flexibility index (Phi) is 5.51. The molecule has 1 N–H and O–H groups in total. The Balaban J connectivity index is 1.44. The van der Waals surface area contributed by atoms with Gasteiger partial charge in [-0.05, 0) is 31.5 Å². The number of alkyl halides is 3. The van der Waals surface area contributed by atoms with Gasteiger partial charge in [0.25, 0.3) is 0 Å². The highest BCUT2D eigenvalue weighted by Gasteiger charge is 2.31. The lowest BCUT2D eigenvalue weighted by Crippen LogP contribution is -2.41. The maximum Gasteiger partial charge on any atom is 0.417 e. The van der Waals surface area contributed by atoms with Gasteiger partial charge in [-0.2, -0.15) is 13.2 Å². The lowest BCUT2D eigenvalue weighted by Gasteiger charge is -2.27. The summed E-state index contributed by atoms with van der Waals surface area (Å²) < 4.78 is 38.3. The predicted molar refractivity (Wildman–Crippen MR) is 110 cm³/mol. The first kappa shape index (κ1) is 20.4. The van der Waals surface area contributed by atoms with Crippen molar-refractivity contribution in [3.8, 4) is 0 Å². The summed E-state index contributed by atoms with van der Waals surface area (Å²) in [6.07, 6.45) is -0.950. The number of H-pyrrole nitrogens is 1. The van der Waals surface area contributed by atoms with E-state index in [1.54, 1.807) is 6.20 Å². The van der Waals surface area contributed by atoms with Gasteiger partial charge in [0.15, 0.2) is 5.78 Å². The molecule has 30 heavy (non-hydrogen) atoms. The Labute approximate surface area is 172 Å². The minimum Gasteiger partial charge on any atom is -0.360 e. The fourth-order valence-corrected chi connectivity index (χ4v) is 3.96. The first-order valence-electron chi connectivity index (χ1n) is 9.97. The van der Waals surface area contributed by atoms with Crippen LogP contribution in [0.3, 0.4) is 0 Å². The average molecular weight is 416 g/mol. The number of fused-ring (bicyclic) bond motifs is 1. The van der Waals surface area contributed by atoms with E-state index in [2.05, 4.69) is 14.9 Å². The number of aromatic amines is 1. The number of pyridine rings is 1. The normalized spacial score (nSPS) is 17.1. The molecule has 1 atom stereocenters. The molecule has 1 aliphatic heterocycles. The van der Waals surface area contributed by atoms with Crippen LogP contribution in [0.2, 0.25) is 0 Å². The molecule has 0 bridgehead atoms. The lowest BCUT2D eigenvalue weighted by atomic mass is 10.0. The van der Waals surface area contributed by atoms with Crippen LogP contribution >= 0.6 is 0 Å². The van der Waals surface area contributed by atoms with Crippen molar-refractivity contribution >= 4 is 22.5 Å². The summed E-state index contributed by atoms with van der Waals surface area (Å²) in [4.78, 5) is 24.4. The molecule has 3 aromatic rings. The van der Waals surface area contributed by atoms with Crippen molar-refractivity contribution in [3.63, 3.8) is 0 Å². The van der Waals surface area contributed by atoms with Gasteiger partial charge >= 0.3 is 6.18 Å². The van der Waals surface area contributed by atoms with Crippen molar-refractivity contribution in [1.82, 2.24) is 14.9 Å². The Morgan fingerprint density at radius 3 is 2.63 bits per heavy atom. The molecule has 1 fully saturated rings. The zero-order valence-electron chi connectivity index (χ0n) is 16.6. The molecule has 1 aromatic carbocycles. The Hall–Kier alpha value is -2.87. The highest BCUT2D eigenvalue weighted by molar-refractivity contribution is 6.10. The first-order chi connectivity index (χ1) is 14.3. The van der Waals surface area contributed by atoms with Crippen molar-refractivity contribution in [2.45, 2.75) is 25.6 Å². The quantitative estimate of drug-likeness (QED) is 0.642. The van der Waals surface area contributed by atoms with Crippen LogP contribution in [0.5, 0.6) is 0 Å². The van der Waals surface area contributed by atoms with Crippen LogP contribution in [0.25, 0.3) is 10.9 Å². The number of ketones is 1. The molecule has 4 rings (SSSR count). The fourth-order valence-electron chi connectivity index (χ4n) is 3.96. The number of nitrogens with zero attached hydrogens (tertiary/aromatic N) is 3. The summed E-state index contributed by atoms with van der Waals surface area (Å²) in [5.74, 6) is 0.592. The Morgan fingerprint density at radius 1 is 1.10 bits per heavy atom. The second-order valence-corrected chi connectivity index (χ2v) is 7.57. The van der Waals surface area contributed by atoms with Gasteiger partial charge in [-0.1, -0.05) is 18.2 Å². The number of hydrogen-bond acceptors (Lipinski definition) is 4. The molecule has 5 nitrogen and oxygen atoms in total. The van der Waals surface area contributed by atoms with E-state index >= 15 is 0 Å². The topological polar surface area (TPSA) is 52.2 Å². The largest absolute Gasteiger partial charge is 0.417 e. The van der Waals surface area contributed by atoms with Crippen molar-refractivity contribution < 1.29 is 18.0 Å². The molecule has 0 saturated carbocycles. The SMILES string of the molecule is C[C@H](C(=O)c1c[nH]c2ccccc12)N1CCCN(c2ccc(C(F)(F)F)cn2)CC1. The Bertz CT molecular complexity index is 1030. The van der Waals surface area contributed by atoms with E-state index in [4.69, 9.17) is 0 Å². The number of carbonyl (C=O) groups is 1. The van der Waals surface area contributed by atoms with Crippen LogP contribution in [0.1, 0.15) is 29.3 Å². The maximum atomic E-state index is 13.1. The van der Waals surface area contributed by atoms with E-state index in [1.165, 1.54) is 6.07 Å². The van der Waals surface area contributed by atoms with Gasteiger partial charge in [0.2, 0.25) is 0 Å². The van der Waals surface area contributed by atoms with Crippen molar-refractivity contribution in [3.05, 3.63) is 59.9 Å². The monoisotopic (exact) mass is 416 g/mol. The smallest absolute Gasteiger partial charge is 0.360 e. The zero-order chi connectivity index (χ0) is 21.3. The van der Waals surface area contributed by atoms with E-state index in [-0.39, 0.29) is 11.8 Å². The summed E-state index contributed by atoms with van der Waals surface area (Å²) in [6.45, 7) is 4.58. The third kappa shape index (κ3) is 4.05. The number of benzene rings is 1. The van der Waals surface area contributed by atoms with Gasteiger partial charge in [0.1, 0.15) is 5.82 Å². The number of carbonyl (C=O) groups excluding carboxylic acids is 1. The van der Waals surface area contributed by atoms with Gasteiger partial charge in [-0.15, -0.1) is 0 Å². The van der Waals surface area contributed by atoms with E-state index < -0.39 is 11.7 Å². The number of aromatic nitrogens is 2. The van der Waals surface area contributed by atoms with Crippen molar-refractivity contribution in [2.75, 3.05) is 31.1 Å². The second-order valence-electron chi connectivity index (χ2n) is 7.57. The lowest BCUT2D eigenvalue weighted by molar-refractivity contribution is -0.137. The third-order valence-corrected chi connectivity index (χ3v) is 5.71. The number of Topliss-reactive ketones (excluding diaryl/α,β-unsaturated/α-hetero) is 1. The maximum absolute atomic E-state index is 13.1. The van der Waals surface area contributed by atoms with Crippen molar-refractivity contribution in [1.29, 1.82) is 0 Å². The molecule has 0 aliphatic carbocycles. The molecule has 158 valence electrons. The number of rotatable bonds is 4. The number of para-hydroxylation sites is 1. The highest BCUT2D eigenvalue weighted by Crippen LogP contribution is 2.29. The number of hydrogen-bond donors (Lipinski definition) is 1. The Morgan fingerprint density at radius 2 is 1.90 bits per heavy atom. The van der Waals surface area contributed by atoms with E-state index in [9.17, 15) is 18.0 Å². The molecule has 0 amide bonds. The first-order valence-corrected chi connectivity index (χ1v) is 9.97. The van der Waals surface area contributed by atoms with Crippen molar-refractivity contribution in [2.24, 2.45) is 0 Å². The van der Waals surface area contributed by atoms with Crippen LogP contribution in [-0.4, -0.2) is 52.9 Å². The third-order valence-electron chi connectivity index (χ3n) is 5.71. The van der Waals surface area contributed by atoms with Gasteiger partial charge in [0, 0.05) is 55.0 Å². The predicted octanol–water partition coefficient (Wildman–Crippen LogP) is 4.37. The molecule has 1 saturated heterocycles. The second kappa shape index (κ2) is 8.10. The van der Waals surface area contributed by atoms with Gasteiger partial charge in [-0.3, -0.25) is 9.69 Å². The van der Waals surface area contributed by atoms with E-state index in [0.29, 0.717) is 31.0 Å². The number of halogens is 3. The zero-order valence-corrected chi connectivity index (χ0v) is 16.6. The molecular weight excluding hydrogens is 393 g/mol. The minimum absolute atomic E-state index is 0.0635. The van der Waals surface area contributed by atoms with Crippen LogP contribution in [0.4, 0.5) is 19.0 Å². The standard InChI is InChI=1S/C22H23F3N4O/c1-15(21(30)18-14-26-19-6-3-2-5-17(18)19)28-9-4-10-29(12-11-28)20-8-7-16(13-27-20)22(23,24)25/h2-3,5-8,13-15,26H,4,9-12H2,1H3/t15-/m1/s1. The van der Waals surface area contributed by atoms with E-state index in [0.717, 1.165) is 36.1 Å². The number of anilines is 1. The highest BCUT2D eigenvalue weighted by atomic mass is 19.4. The van der Waals surface area contributed by atoms with Crippen LogP contribution in [0, 0.1) is 0 Å². The molecular formula is C22H23F3N4O. The summed E-state index contributed by atoms with van der Waals surface area (Å²) >= 11 is 0. The summed E-state index contributed by atoms with van der Waals surface area (Å²) in [5, 5.41) is 0.916. The number of nitrogens with one attached hydrogen (secondary N) is 1.